The van der Waals surface area contributed by atoms with E-state index in [0.717, 1.165) is 0 Å². The molecule has 3 aromatic rings. The second-order valence-electron chi connectivity index (χ2n) is 5.02. The lowest BCUT2D eigenvalue weighted by atomic mass is 10.1. The number of carbonyl (C=O) groups is 1. The van der Waals surface area contributed by atoms with Crippen LogP contribution in [0.5, 0.6) is 5.75 Å². The lowest BCUT2D eigenvalue weighted by Crippen LogP contribution is -2.14. The SMILES string of the molecule is C[C@@H](Sc1nnnn1-c1ccc(O)cc1)C(=O)c1ccc(F)cc1. The van der Waals surface area contributed by atoms with Crippen LogP contribution in [0.1, 0.15) is 17.3 Å². The van der Waals surface area contributed by atoms with Crippen LogP contribution in [0, 0.1) is 5.82 Å². The molecule has 0 amide bonds. The number of hydrogen-bond acceptors (Lipinski definition) is 6. The fraction of sp³-hybridized carbons (Fsp3) is 0.125. The largest absolute Gasteiger partial charge is 0.508 e. The smallest absolute Gasteiger partial charge is 0.214 e. The van der Waals surface area contributed by atoms with Gasteiger partial charge < -0.3 is 5.11 Å². The molecule has 1 N–H and O–H groups in total. The molecule has 0 radical (unpaired) electrons. The first-order valence-electron chi connectivity index (χ1n) is 7.09. The van der Waals surface area contributed by atoms with E-state index in [2.05, 4.69) is 15.5 Å². The Balaban J connectivity index is 1.79. The third kappa shape index (κ3) is 3.43. The molecular weight excluding hydrogens is 331 g/mol. The number of benzene rings is 2. The number of aromatic nitrogens is 4. The maximum absolute atomic E-state index is 13.0. The van der Waals surface area contributed by atoms with Gasteiger partial charge in [0, 0.05) is 5.56 Å². The highest BCUT2D eigenvalue weighted by Crippen LogP contribution is 2.25. The zero-order valence-corrected chi connectivity index (χ0v) is 13.4. The van der Waals surface area contributed by atoms with Crippen LogP contribution < -0.4 is 0 Å². The molecule has 1 aromatic heterocycles. The number of carbonyl (C=O) groups excluding carboxylic acids is 1. The standard InChI is InChI=1S/C16H13FN4O2S/c1-10(15(23)11-2-4-12(17)5-3-11)24-16-18-19-20-21(16)13-6-8-14(22)9-7-13/h2-10,22H,1H3/t10-/m1/s1. The van der Waals surface area contributed by atoms with Crippen molar-refractivity contribution >= 4 is 17.5 Å². The quantitative estimate of drug-likeness (QED) is 0.566. The summed E-state index contributed by atoms with van der Waals surface area (Å²) in [5.74, 6) is -0.385. The summed E-state index contributed by atoms with van der Waals surface area (Å²) in [6, 6.07) is 11.8. The predicted octanol–water partition coefficient (Wildman–Crippen LogP) is 2.87. The topological polar surface area (TPSA) is 80.9 Å². The molecule has 0 saturated carbocycles. The van der Waals surface area contributed by atoms with Gasteiger partial charge in [-0.15, -0.1) is 5.10 Å². The molecule has 6 nitrogen and oxygen atoms in total. The van der Waals surface area contributed by atoms with Gasteiger partial charge in [-0.1, -0.05) is 11.8 Å². The Bertz CT molecular complexity index is 849. The van der Waals surface area contributed by atoms with Crippen molar-refractivity contribution in [1.82, 2.24) is 20.2 Å². The molecule has 3 rings (SSSR count). The fourth-order valence-corrected chi connectivity index (χ4v) is 2.95. The van der Waals surface area contributed by atoms with E-state index in [-0.39, 0.29) is 17.3 Å². The zero-order chi connectivity index (χ0) is 17.1. The Hall–Kier alpha value is -2.74. The Morgan fingerprint density at radius 1 is 1.17 bits per heavy atom. The van der Waals surface area contributed by atoms with E-state index in [9.17, 15) is 14.3 Å². The fourth-order valence-electron chi connectivity index (χ4n) is 2.07. The van der Waals surface area contributed by atoms with Crippen molar-refractivity contribution < 1.29 is 14.3 Å². The number of nitrogens with zero attached hydrogens (tertiary/aromatic N) is 4. The summed E-state index contributed by atoms with van der Waals surface area (Å²) in [6.07, 6.45) is 0. The van der Waals surface area contributed by atoms with E-state index in [1.807, 2.05) is 0 Å². The van der Waals surface area contributed by atoms with E-state index in [0.29, 0.717) is 16.4 Å². The Kier molecular flexibility index (Phi) is 4.57. The van der Waals surface area contributed by atoms with Gasteiger partial charge in [0.1, 0.15) is 11.6 Å². The highest BCUT2D eigenvalue weighted by atomic mass is 32.2. The van der Waals surface area contributed by atoms with Crippen molar-refractivity contribution in [2.24, 2.45) is 0 Å². The molecule has 24 heavy (non-hydrogen) atoms. The van der Waals surface area contributed by atoms with Gasteiger partial charge in [-0.3, -0.25) is 4.79 Å². The summed E-state index contributed by atoms with van der Waals surface area (Å²) < 4.78 is 14.4. The summed E-state index contributed by atoms with van der Waals surface area (Å²) in [4.78, 5) is 12.4. The summed E-state index contributed by atoms with van der Waals surface area (Å²) in [7, 11) is 0. The number of rotatable bonds is 5. The molecule has 0 spiro atoms. The van der Waals surface area contributed by atoms with Crippen LogP contribution in [0.25, 0.3) is 5.69 Å². The molecule has 0 bridgehead atoms. The van der Waals surface area contributed by atoms with Crippen LogP contribution >= 0.6 is 11.8 Å². The molecule has 8 heteroatoms. The highest BCUT2D eigenvalue weighted by Gasteiger charge is 2.20. The molecular formula is C16H13FN4O2S. The molecule has 122 valence electrons. The Morgan fingerprint density at radius 2 is 1.83 bits per heavy atom. The van der Waals surface area contributed by atoms with Crippen molar-refractivity contribution in [3.05, 3.63) is 59.9 Å². The lowest BCUT2D eigenvalue weighted by Gasteiger charge is -2.10. The lowest BCUT2D eigenvalue weighted by molar-refractivity contribution is 0.0994. The summed E-state index contributed by atoms with van der Waals surface area (Å²) in [5.41, 5.74) is 1.10. The van der Waals surface area contributed by atoms with E-state index < -0.39 is 5.25 Å². The maximum Gasteiger partial charge on any atom is 0.214 e. The number of halogens is 1. The van der Waals surface area contributed by atoms with Crippen molar-refractivity contribution in [2.45, 2.75) is 17.3 Å². The van der Waals surface area contributed by atoms with E-state index in [1.54, 1.807) is 19.1 Å². The molecule has 0 saturated heterocycles. The van der Waals surface area contributed by atoms with Gasteiger partial charge in [-0.25, -0.2) is 4.39 Å². The average molecular weight is 344 g/mol. The number of tetrazole rings is 1. The number of ketones is 1. The van der Waals surface area contributed by atoms with Crippen molar-refractivity contribution in [2.75, 3.05) is 0 Å². The van der Waals surface area contributed by atoms with Gasteiger partial charge in [0.15, 0.2) is 5.78 Å². The molecule has 1 atom stereocenters. The minimum Gasteiger partial charge on any atom is -0.508 e. The summed E-state index contributed by atoms with van der Waals surface area (Å²) in [6.45, 7) is 1.74. The number of phenolic OH excluding ortho intramolecular Hbond substituents is 1. The van der Waals surface area contributed by atoms with Gasteiger partial charge in [-0.05, 0) is 65.9 Å². The molecule has 1 heterocycles. The van der Waals surface area contributed by atoms with Crippen molar-refractivity contribution in [3.63, 3.8) is 0 Å². The van der Waals surface area contributed by atoms with Crippen LogP contribution in [0.3, 0.4) is 0 Å². The van der Waals surface area contributed by atoms with E-state index in [1.165, 1.54) is 52.8 Å². The van der Waals surface area contributed by atoms with Gasteiger partial charge in [-0.2, -0.15) is 4.68 Å². The van der Waals surface area contributed by atoms with Crippen molar-refractivity contribution in [3.8, 4) is 11.4 Å². The monoisotopic (exact) mass is 344 g/mol. The minimum absolute atomic E-state index is 0.139. The molecule has 0 aliphatic carbocycles. The first-order chi connectivity index (χ1) is 11.5. The molecule has 2 aromatic carbocycles. The van der Waals surface area contributed by atoms with Crippen molar-refractivity contribution in [1.29, 1.82) is 0 Å². The van der Waals surface area contributed by atoms with Crippen LogP contribution in [0.15, 0.2) is 53.7 Å². The van der Waals surface area contributed by atoms with Gasteiger partial charge in [0.05, 0.1) is 10.9 Å². The van der Waals surface area contributed by atoms with Crippen LogP contribution in [0.4, 0.5) is 4.39 Å². The van der Waals surface area contributed by atoms with E-state index >= 15 is 0 Å². The number of Topliss-reactive ketones (excluding diaryl/α,β-unsaturated/α-hetero) is 1. The van der Waals surface area contributed by atoms with Gasteiger partial charge in [0.2, 0.25) is 5.16 Å². The van der Waals surface area contributed by atoms with Crippen LogP contribution in [-0.4, -0.2) is 36.3 Å². The minimum atomic E-state index is -0.447. The number of hydrogen-bond donors (Lipinski definition) is 1. The van der Waals surface area contributed by atoms with Gasteiger partial charge >= 0.3 is 0 Å². The molecule has 0 fully saturated rings. The first-order valence-corrected chi connectivity index (χ1v) is 7.97. The van der Waals surface area contributed by atoms with Crippen LogP contribution in [-0.2, 0) is 0 Å². The normalized spacial score (nSPS) is 12.1. The zero-order valence-electron chi connectivity index (χ0n) is 12.6. The second kappa shape index (κ2) is 6.79. The third-order valence-electron chi connectivity index (χ3n) is 3.32. The number of aromatic hydroxyl groups is 1. The Morgan fingerprint density at radius 3 is 2.50 bits per heavy atom. The van der Waals surface area contributed by atoms with Gasteiger partial charge in [0.25, 0.3) is 0 Å². The van der Waals surface area contributed by atoms with E-state index in [4.69, 9.17) is 0 Å². The summed E-state index contributed by atoms with van der Waals surface area (Å²) in [5, 5.41) is 20.8. The molecule has 0 aliphatic heterocycles. The number of thioether (sulfide) groups is 1. The van der Waals surface area contributed by atoms with Crippen LogP contribution in [0.2, 0.25) is 0 Å². The maximum atomic E-state index is 13.0. The summed E-state index contributed by atoms with van der Waals surface area (Å²) >= 11 is 1.20. The predicted molar refractivity (Wildman–Crippen MR) is 86.9 cm³/mol. The molecule has 0 unspecified atom stereocenters. The highest BCUT2D eigenvalue weighted by molar-refractivity contribution is 8.00. The molecule has 0 aliphatic rings. The average Bonchev–Trinajstić information content (AvgIpc) is 3.03. The second-order valence-corrected chi connectivity index (χ2v) is 6.33. The Labute approximate surface area is 141 Å². The number of phenols is 1. The third-order valence-corrected chi connectivity index (χ3v) is 4.35. The first kappa shape index (κ1) is 16.1.